The highest BCUT2D eigenvalue weighted by molar-refractivity contribution is 5.37. The van der Waals surface area contributed by atoms with Crippen molar-refractivity contribution in [1.29, 1.82) is 0 Å². The first-order valence-corrected chi connectivity index (χ1v) is 7.83. The van der Waals surface area contributed by atoms with Gasteiger partial charge in [0.15, 0.2) is 0 Å². The van der Waals surface area contributed by atoms with Crippen LogP contribution in [0.2, 0.25) is 0 Å². The van der Waals surface area contributed by atoms with Crippen molar-refractivity contribution in [3.63, 3.8) is 0 Å². The Hall–Kier alpha value is -1.37. The fourth-order valence-corrected chi connectivity index (χ4v) is 2.92. The predicted octanol–water partition coefficient (Wildman–Crippen LogP) is 3.18. The highest BCUT2D eigenvalue weighted by atomic mass is 19.1. The molecule has 1 N–H and O–H groups in total. The molecule has 1 fully saturated rings. The zero-order valence-electron chi connectivity index (χ0n) is 12.7. The quantitative estimate of drug-likeness (QED) is 0.842. The molecule has 21 heavy (non-hydrogen) atoms. The number of aliphatic hydroxyl groups excluding tert-OH is 1. The van der Waals surface area contributed by atoms with Crippen LogP contribution in [0.15, 0.2) is 18.2 Å². The van der Waals surface area contributed by atoms with E-state index < -0.39 is 0 Å². The largest absolute Gasteiger partial charge is 0.395 e. The van der Waals surface area contributed by atoms with Crippen molar-refractivity contribution in [2.45, 2.75) is 39.2 Å². The molecular formula is C18H24FNO. The second-order valence-corrected chi connectivity index (χ2v) is 5.76. The van der Waals surface area contributed by atoms with E-state index in [1.54, 1.807) is 0 Å². The fraction of sp³-hybridized carbons (Fsp3) is 0.556. The van der Waals surface area contributed by atoms with Crippen LogP contribution in [0.25, 0.3) is 0 Å². The number of hydrogen-bond donors (Lipinski definition) is 1. The predicted molar refractivity (Wildman–Crippen MR) is 83.3 cm³/mol. The third-order valence-electron chi connectivity index (χ3n) is 3.98. The summed E-state index contributed by atoms with van der Waals surface area (Å²) in [6, 6.07) is 5.20. The first-order valence-electron chi connectivity index (χ1n) is 7.83. The normalized spacial score (nSPS) is 18.5. The zero-order chi connectivity index (χ0) is 15.1. The minimum atomic E-state index is -0.176. The molecule has 2 rings (SSSR count). The topological polar surface area (TPSA) is 23.5 Å². The van der Waals surface area contributed by atoms with Gasteiger partial charge in [0.1, 0.15) is 5.82 Å². The molecule has 1 aliphatic rings. The highest BCUT2D eigenvalue weighted by Crippen LogP contribution is 2.23. The maximum Gasteiger partial charge on any atom is 0.128 e. The zero-order valence-corrected chi connectivity index (χ0v) is 12.7. The standard InChI is InChI=1S/C18H24FNO/c1-2-5-16-9-10-20(13-16)14-17-8-7-15(12-18(17)19)6-3-4-11-21/h7-8,12,16,21H,2,4-5,9-11,13-14H2,1H3. The smallest absolute Gasteiger partial charge is 0.128 e. The van der Waals surface area contributed by atoms with Crippen LogP contribution in [0.4, 0.5) is 4.39 Å². The van der Waals surface area contributed by atoms with Crippen LogP contribution >= 0.6 is 0 Å². The third kappa shape index (κ3) is 4.84. The average Bonchev–Trinajstić information content (AvgIpc) is 2.90. The van der Waals surface area contributed by atoms with Crippen LogP contribution in [0.5, 0.6) is 0 Å². The second kappa shape index (κ2) is 8.17. The van der Waals surface area contributed by atoms with Gasteiger partial charge in [0.25, 0.3) is 0 Å². The molecule has 1 aromatic carbocycles. The molecule has 1 atom stereocenters. The molecule has 0 radical (unpaired) electrons. The van der Waals surface area contributed by atoms with E-state index in [1.807, 2.05) is 12.1 Å². The molecule has 3 heteroatoms. The van der Waals surface area contributed by atoms with Gasteiger partial charge in [-0.2, -0.15) is 0 Å². The molecule has 0 aromatic heterocycles. The van der Waals surface area contributed by atoms with Crippen molar-refractivity contribution in [3.8, 4) is 11.8 Å². The van der Waals surface area contributed by atoms with Gasteiger partial charge >= 0.3 is 0 Å². The Labute approximate surface area is 127 Å². The van der Waals surface area contributed by atoms with E-state index in [0.29, 0.717) is 18.5 Å². The summed E-state index contributed by atoms with van der Waals surface area (Å²) in [4.78, 5) is 2.34. The number of rotatable bonds is 5. The number of benzene rings is 1. The molecule has 1 aliphatic heterocycles. The van der Waals surface area contributed by atoms with Crippen LogP contribution in [-0.2, 0) is 6.54 Å². The van der Waals surface area contributed by atoms with E-state index >= 15 is 0 Å². The summed E-state index contributed by atoms with van der Waals surface area (Å²) in [5, 5.41) is 8.68. The number of likely N-dealkylation sites (tertiary alicyclic amines) is 1. The van der Waals surface area contributed by atoms with E-state index in [-0.39, 0.29) is 12.4 Å². The van der Waals surface area contributed by atoms with Crippen molar-refractivity contribution in [3.05, 3.63) is 35.1 Å². The Morgan fingerprint density at radius 2 is 2.29 bits per heavy atom. The van der Waals surface area contributed by atoms with Crippen molar-refractivity contribution in [1.82, 2.24) is 4.90 Å². The Balaban J connectivity index is 1.94. The van der Waals surface area contributed by atoms with Gasteiger partial charge < -0.3 is 5.11 Å². The molecule has 0 aliphatic carbocycles. The van der Waals surface area contributed by atoms with E-state index in [1.165, 1.54) is 25.3 Å². The molecule has 114 valence electrons. The number of hydrogen-bond acceptors (Lipinski definition) is 2. The molecule has 0 bridgehead atoms. The Morgan fingerprint density at radius 1 is 1.43 bits per heavy atom. The lowest BCUT2D eigenvalue weighted by molar-refractivity contribution is 0.305. The van der Waals surface area contributed by atoms with Crippen molar-refractivity contribution in [2.75, 3.05) is 19.7 Å². The van der Waals surface area contributed by atoms with E-state index in [2.05, 4.69) is 23.7 Å². The van der Waals surface area contributed by atoms with Crippen LogP contribution in [0, 0.1) is 23.6 Å². The van der Waals surface area contributed by atoms with Crippen molar-refractivity contribution < 1.29 is 9.50 Å². The molecular weight excluding hydrogens is 265 g/mol. The van der Waals surface area contributed by atoms with Gasteiger partial charge in [-0.1, -0.05) is 31.3 Å². The molecule has 0 spiro atoms. The first-order chi connectivity index (χ1) is 10.2. The van der Waals surface area contributed by atoms with E-state index in [0.717, 1.165) is 24.6 Å². The van der Waals surface area contributed by atoms with Crippen LogP contribution < -0.4 is 0 Å². The summed E-state index contributed by atoms with van der Waals surface area (Å²) in [5.74, 6) is 6.28. The summed E-state index contributed by atoms with van der Waals surface area (Å²) in [5.41, 5.74) is 1.43. The average molecular weight is 289 g/mol. The Morgan fingerprint density at radius 3 is 3.00 bits per heavy atom. The summed E-state index contributed by atoms with van der Waals surface area (Å²) in [6.07, 6.45) is 4.17. The summed E-state index contributed by atoms with van der Waals surface area (Å²) in [7, 11) is 0. The molecule has 2 nitrogen and oxygen atoms in total. The van der Waals surface area contributed by atoms with Gasteiger partial charge in [0.2, 0.25) is 0 Å². The third-order valence-corrected chi connectivity index (χ3v) is 3.98. The van der Waals surface area contributed by atoms with Gasteiger partial charge in [0.05, 0.1) is 6.61 Å². The van der Waals surface area contributed by atoms with Gasteiger partial charge in [-0.15, -0.1) is 0 Å². The summed E-state index contributed by atoms with van der Waals surface area (Å²) < 4.78 is 14.1. The highest BCUT2D eigenvalue weighted by Gasteiger charge is 2.22. The molecule has 1 saturated heterocycles. The summed E-state index contributed by atoms with van der Waals surface area (Å²) >= 11 is 0. The minimum absolute atomic E-state index is 0.0431. The molecule has 1 unspecified atom stereocenters. The monoisotopic (exact) mass is 289 g/mol. The van der Waals surface area contributed by atoms with Crippen molar-refractivity contribution >= 4 is 0 Å². The second-order valence-electron chi connectivity index (χ2n) is 5.76. The van der Waals surface area contributed by atoms with Crippen LogP contribution in [0.3, 0.4) is 0 Å². The molecule has 1 aromatic rings. The lowest BCUT2D eigenvalue weighted by Crippen LogP contribution is -2.20. The van der Waals surface area contributed by atoms with Gasteiger partial charge in [-0.25, -0.2) is 4.39 Å². The fourth-order valence-electron chi connectivity index (χ4n) is 2.92. The maximum atomic E-state index is 14.1. The maximum absolute atomic E-state index is 14.1. The summed E-state index contributed by atoms with van der Waals surface area (Å²) in [6.45, 7) is 5.12. The van der Waals surface area contributed by atoms with E-state index in [9.17, 15) is 4.39 Å². The Bertz CT molecular complexity index is 518. The van der Waals surface area contributed by atoms with Gasteiger partial charge in [-0.05, 0) is 37.4 Å². The number of aliphatic hydroxyl groups is 1. The molecule has 0 saturated carbocycles. The van der Waals surface area contributed by atoms with Crippen LogP contribution in [-0.4, -0.2) is 29.7 Å². The molecule has 1 heterocycles. The van der Waals surface area contributed by atoms with Gasteiger partial charge in [-0.3, -0.25) is 4.90 Å². The van der Waals surface area contributed by atoms with Crippen molar-refractivity contribution in [2.24, 2.45) is 5.92 Å². The Kier molecular flexibility index (Phi) is 6.22. The lowest BCUT2D eigenvalue weighted by Gasteiger charge is -2.16. The number of halogens is 1. The lowest BCUT2D eigenvalue weighted by atomic mass is 10.0. The van der Waals surface area contributed by atoms with Crippen LogP contribution in [0.1, 0.15) is 43.7 Å². The van der Waals surface area contributed by atoms with E-state index in [4.69, 9.17) is 5.11 Å². The molecule has 0 amide bonds. The number of nitrogens with zero attached hydrogens (tertiary/aromatic N) is 1. The first kappa shape index (κ1) is 16.0. The SMILES string of the molecule is CCCC1CCN(Cc2ccc(C#CCCO)cc2F)C1. The van der Waals surface area contributed by atoms with Gasteiger partial charge in [0, 0.05) is 30.6 Å². The minimum Gasteiger partial charge on any atom is -0.395 e.